The van der Waals surface area contributed by atoms with Gasteiger partial charge in [0.05, 0.1) is 5.69 Å². The second kappa shape index (κ2) is 7.40. The maximum atomic E-state index is 12.5. The van der Waals surface area contributed by atoms with Crippen LogP contribution in [0.5, 0.6) is 0 Å². The van der Waals surface area contributed by atoms with E-state index in [0.29, 0.717) is 23.3 Å². The lowest BCUT2D eigenvalue weighted by Gasteiger charge is -2.20. The molecule has 5 nitrogen and oxygen atoms in total. The second-order valence-electron chi connectivity index (χ2n) is 7.64. The lowest BCUT2D eigenvalue weighted by Crippen LogP contribution is -2.22. The number of rotatable bonds is 5. The first-order chi connectivity index (χ1) is 13.1. The van der Waals surface area contributed by atoms with Gasteiger partial charge in [0.1, 0.15) is 16.7 Å². The van der Waals surface area contributed by atoms with Crippen LogP contribution in [0.4, 0.5) is 5.69 Å². The summed E-state index contributed by atoms with van der Waals surface area (Å²) in [6.07, 6.45) is 5.26. The molecule has 6 heteroatoms. The number of nitrogens with zero attached hydrogens (tertiary/aromatic N) is 2. The third-order valence-corrected chi connectivity index (χ3v) is 7.26. The van der Waals surface area contributed by atoms with Crippen LogP contribution in [0.25, 0.3) is 0 Å². The van der Waals surface area contributed by atoms with Crippen molar-refractivity contribution in [3.63, 3.8) is 0 Å². The summed E-state index contributed by atoms with van der Waals surface area (Å²) in [5.41, 5.74) is 1.01. The molecule has 0 N–H and O–H groups in total. The van der Waals surface area contributed by atoms with E-state index in [9.17, 15) is 14.9 Å². The number of Topliss-reactive ketones (excluding diaryl/α,β-unsaturated/α-hetero) is 1. The van der Waals surface area contributed by atoms with Gasteiger partial charge in [-0.3, -0.25) is 9.59 Å². The van der Waals surface area contributed by atoms with E-state index in [1.54, 1.807) is 0 Å². The van der Waals surface area contributed by atoms with Crippen LogP contribution in [0.15, 0.2) is 39.8 Å². The molecule has 3 atom stereocenters. The van der Waals surface area contributed by atoms with Gasteiger partial charge in [0, 0.05) is 18.4 Å². The molecule has 2 saturated carbocycles. The van der Waals surface area contributed by atoms with Crippen LogP contribution in [0.1, 0.15) is 32.1 Å². The Kier molecular flexibility index (Phi) is 4.96. The van der Waals surface area contributed by atoms with Crippen LogP contribution in [0.3, 0.4) is 0 Å². The van der Waals surface area contributed by atoms with Gasteiger partial charge in [0.2, 0.25) is 5.78 Å². The SMILES string of the molecule is CN1/C(=C(\C#N)C(=O)COC(=O)C[C@@H]2C[C@@H]3CC[C@H]2C3)Sc2ccccc21. The van der Waals surface area contributed by atoms with Crippen molar-refractivity contribution in [2.24, 2.45) is 17.8 Å². The Morgan fingerprint density at radius 3 is 2.78 bits per heavy atom. The number of carbonyl (C=O) groups excluding carboxylic acids is 2. The van der Waals surface area contributed by atoms with E-state index in [1.165, 1.54) is 31.0 Å². The number of anilines is 1. The van der Waals surface area contributed by atoms with Crippen molar-refractivity contribution in [3.05, 3.63) is 34.9 Å². The summed E-state index contributed by atoms with van der Waals surface area (Å²) in [5.74, 6) is 1.07. The molecule has 0 amide bonds. The zero-order valence-corrected chi connectivity index (χ0v) is 16.1. The van der Waals surface area contributed by atoms with Crippen LogP contribution in [0, 0.1) is 29.1 Å². The zero-order valence-electron chi connectivity index (χ0n) is 15.3. The first kappa shape index (κ1) is 18.1. The van der Waals surface area contributed by atoms with Crippen LogP contribution in [-0.4, -0.2) is 25.4 Å². The molecular formula is C21H22N2O3S. The van der Waals surface area contributed by atoms with E-state index in [4.69, 9.17) is 4.74 Å². The van der Waals surface area contributed by atoms with Gasteiger partial charge in [-0.15, -0.1) is 0 Å². The summed E-state index contributed by atoms with van der Waals surface area (Å²) in [6, 6.07) is 9.75. The molecule has 2 aliphatic carbocycles. The number of carbonyl (C=O) groups is 2. The number of nitriles is 1. The molecule has 27 heavy (non-hydrogen) atoms. The van der Waals surface area contributed by atoms with E-state index in [1.807, 2.05) is 42.3 Å². The minimum atomic E-state index is -0.444. The van der Waals surface area contributed by atoms with Crippen molar-refractivity contribution in [3.8, 4) is 6.07 Å². The van der Waals surface area contributed by atoms with Crippen molar-refractivity contribution in [1.82, 2.24) is 0 Å². The Morgan fingerprint density at radius 1 is 1.30 bits per heavy atom. The average Bonchev–Trinajstić information content (AvgIpc) is 3.36. The highest BCUT2D eigenvalue weighted by Gasteiger charge is 2.40. The molecule has 4 rings (SSSR count). The fraction of sp³-hybridized carbons (Fsp3) is 0.476. The Morgan fingerprint density at radius 2 is 2.11 bits per heavy atom. The third kappa shape index (κ3) is 3.49. The number of ether oxygens (including phenoxy) is 1. The Bertz CT molecular complexity index is 857. The first-order valence-electron chi connectivity index (χ1n) is 9.40. The second-order valence-corrected chi connectivity index (χ2v) is 8.67. The van der Waals surface area contributed by atoms with Crippen LogP contribution in [0.2, 0.25) is 0 Å². The molecule has 2 bridgehead atoms. The third-order valence-electron chi connectivity index (χ3n) is 6.02. The highest BCUT2D eigenvalue weighted by Crippen LogP contribution is 2.49. The summed E-state index contributed by atoms with van der Waals surface area (Å²) in [5, 5.41) is 10.1. The molecule has 1 aromatic rings. The van der Waals surface area contributed by atoms with Gasteiger partial charge < -0.3 is 9.64 Å². The topological polar surface area (TPSA) is 70.4 Å². The summed E-state index contributed by atoms with van der Waals surface area (Å²) < 4.78 is 5.23. The smallest absolute Gasteiger partial charge is 0.306 e. The maximum absolute atomic E-state index is 12.5. The first-order valence-corrected chi connectivity index (χ1v) is 10.2. The summed E-state index contributed by atoms with van der Waals surface area (Å²) in [7, 11) is 1.83. The average molecular weight is 382 g/mol. The van der Waals surface area contributed by atoms with Crippen molar-refractivity contribution in [2.75, 3.05) is 18.6 Å². The van der Waals surface area contributed by atoms with E-state index in [-0.39, 0.29) is 18.1 Å². The molecule has 0 unspecified atom stereocenters. The lowest BCUT2D eigenvalue weighted by atomic mass is 9.86. The monoisotopic (exact) mass is 382 g/mol. The largest absolute Gasteiger partial charge is 0.457 e. The quantitative estimate of drug-likeness (QED) is 0.437. The molecule has 2 fully saturated rings. The van der Waals surface area contributed by atoms with Gasteiger partial charge in [-0.05, 0) is 49.1 Å². The minimum absolute atomic E-state index is 0.0476. The molecule has 0 aromatic heterocycles. The summed E-state index contributed by atoms with van der Waals surface area (Å²) in [4.78, 5) is 27.5. The number of hydrogen-bond donors (Lipinski definition) is 0. The number of ketones is 1. The van der Waals surface area contributed by atoms with E-state index >= 15 is 0 Å². The minimum Gasteiger partial charge on any atom is -0.457 e. The molecule has 1 heterocycles. The van der Waals surface area contributed by atoms with Crippen LogP contribution in [-0.2, 0) is 14.3 Å². The number of hydrogen-bond acceptors (Lipinski definition) is 6. The predicted molar refractivity (Wildman–Crippen MR) is 103 cm³/mol. The molecule has 1 aliphatic heterocycles. The lowest BCUT2D eigenvalue weighted by molar-refractivity contribution is -0.148. The molecule has 0 spiro atoms. The van der Waals surface area contributed by atoms with Gasteiger partial charge in [-0.1, -0.05) is 30.3 Å². The molecule has 3 aliphatic rings. The fourth-order valence-corrected chi connectivity index (χ4v) is 5.83. The highest BCUT2D eigenvalue weighted by molar-refractivity contribution is 8.03. The molecule has 0 radical (unpaired) electrons. The van der Waals surface area contributed by atoms with Crippen molar-refractivity contribution in [1.29, 1.82) is 5.26 Å². The maximum Gasteiger partial charge on any atom is 0.306 e. The summed E-state index contributed by atoms with van der Waals surface area (Å²) in [6.45, 7) is -0.364. The number of benzene rings is 1. The fourth-order valence-electron chi connectivity index (χ4n) is 4.67. The Labute approximate surface area is 163 Å². The molecule has 0 saturated heterocycles. The van der Waals surface area contributed by atoms with Gasteiger partial charge in [0.15, 0.2) is 6.61 Å². The van der Waals surface area contributed by atoms with Crippen molar-refractivity contribution >= 4 is 29.2 Å². The summed E-state index contributed by atoms with van der Waals surface area (Å²) >= 11 is 1.40. The van der Waals surface area contributed by atoms with Gasteiger partial charge in [-0.25, -0.2) is 0 Å². The molecular weight excluding hydrogens is 360 g/mol. The van der Waals surface area contributed by atoms with Gasteiger partial charge >= 0.3 is 5.97 Å². The Balaban J connectivity index is 1.37. The standard InChI is InChI=1S/C21H22N2O3S/c1-23-17-4-2-3-5-19(17)27-21(23)16(11-22)18(24)12-26-20(25)10-15-9-13-6-7-14(15)8-13/h2-5,13-15H,6-10,12H2,1H3/b21-16-/t13-,14+,15+/m1/s1. The van der Waals surface area contributed by atoms with E-state index < -0.39 is 5.78 Å². The highest BCUT2D eigenvalue weighted by atomic mass is 32.2. The van der Waals surface area contributed by atoms with E-state index in [2.05, 4.69) is 0 Å². The van der Waals surface area contributed by atoms with Crippen molar-refractivity contribution in [2.45, 2.75) is 37.0 Å². The normalized spacial score (nSPS) is 27.3. The zero-order chi connectivity index (χ0) is 19.0. The van der Waals surface area contributed by atoms with Crippen molar-refractivity contribution < 1.29 is 14.3 Å². The van der Waals surface area contributed by atoms with Crippen LogP contribution >= 0.6 is 11.8 Å². The van der Waals surface area contributed by atoms with Crippen LogP contribution < -0.4 is 4.90 Å². The number of thioether (sulfide) groups is 1. The van der Waals surface area contributed by atoms with E-state index in [0.717, 1.165) is 22.9 Å². The molecule has 1 aromatic carbocycles. The number of para-hydroxylation sites is 1. The van der Waals surface area contributed by atoms with Gasteiger partial charge in [-0.2, -0.15) is 5.26 Å². The number of esters is 1. The predicted octanol–water partition coefficient (Wildman–Crippen LogP) is 3.90. The Hall–Kier alpha value is -2.26. The van der Waals surface area contributed by atoms with Gasteiger partial charge in [0.25, 0.3) is 0 Å². The molecule has 140 valence electrons. The number of fused-ring (bicyclic) bond motifs is 3.